The zero-order valence-corrected chi connectivity index (χ0v) is 10.7. The van der Waals surface area contributed by atoms with Crippen LogP contribution in [0.2, 0.25) is 0 Å². The van der Waals surface area contributed by atoms with Crippen molar-refractivity contribution in [2.24, 2.45) is 0 Å². The van der Waals surface area contributed by atoms with Crippen LogP contribution in [0.1, 0.15) is 11.1 Å². The van der Waals surface area contributed by atoms with Gasteiger partial charge < -0.3 is 4.74 Å². The highest BCUT2D eigenvalue weighted by molar-refractivity contribution is 9.08. The van der Waals surface area contributed by atoms with E-state index >= 15 is 0 Å². The predicted molar refractivity (Wildman–Crippen MR) is 65.9 cm³/mol. The number of aromatic nitrogens is 2. The lowest BCUT2D eigenvalue weighted by Crippen LogP contribution is -1.93. The average Bonchev–Trinajstić information content (AvgIpc) is 2.35. The molecule has 17 heavy (non-hydrogen) atoms. The molecule has 2 aromatic rings. The second-order valence-corrected chi connectivity index (χ2v) is 4.08. The SMILES string of the molecule is Cc1cc(Oc2ncc(CBr)cn2)ccc1F. The fraction of sp³-hybridized carbons (Fsp3) is 0.167. The molecule has 0 radical (unpaired) electrons. The zero-order valence-electron chi connectivity index (χ0n) is 9.15. The molecule has 1 heterocycles. The lowest BCUT2D eigenvalue weighted by molar-refractivity contribution is 0.439. The summed E-state index contributed by atoms with van der Waals surface area (Å²) in [4.78, 5) is 8.08. The second kappa shape index (κ2) is 5.23. The van der Waals surface area contributed by atoms with Crippen molar-refractivity contribution in [2.75, 3.05) is 0 Å². The van der Waals surface area contributed by atoms with Crippen LogP contribution < -0.4 is 4.74 Å². The van der Waals surface area contributed by atoms with Crippen molar-refractivity contribution < 1.29 is 9.13 Å². The smallest absolute Gasteiger partial charge is 0.321 e. The minimum Gasteiger partial charge on any atom is -0.424 e. The van der Waals surface area contributed by atoms with Crippen molar-refractivity contribution in [3.05, 3.63) is 47.5 Å². The van der Waals surface area contributed by atoms with E-state index in [4.69, 9.17) is 4.74 Å². The Morgan fingerprint density at radius 1 is 1.29 bits per heavy atom. The van der Waals surface area contributed by atoms with Gasteiger partial charge in [-0.1, -0.05) is 15.9 Å². The molecule has 0 atom stereocenters. The normalized spacial score (nSPS) is 10.3. The third-order valence-electron chi connectivity index (χ3n) is 2.17. The van der Waals surface area contributed by atoms with E-state index in [-0.39, 0.29) is 11.8 Å². The van der Waals surface area contributed by atoms with Gasteiger partial charge in [-0.3, -0.25) is 0 Å². The number of ether oxygens (including phenoxy) is 1. The van der Waals surface area contributed by atoms with Crippen molar-refractivity contribution in [3.8, 4) is 11.8 Å². The van der Waals surface area contributed by atoms with Crippen LogP contribution in [0.3, 0.4) is 0 Å². The van der Waals surface area contributed by atoms with Crippen LogP contribution in [0.15, 0.2) is 30.6 Å². The number of rotatable bonds is 3. The largest absolute Gasteiger partial charge is 0.424 e. The first-order valence-electron chi connectivity index (χ1n) is 5.00. The number of alkyl halides is 1. The van der Waals surface area contributed by atoms with Crippen LogP contribution in [0, 0.1) is 12.7 Å². The van der Waals surface area contributed by atoms with Gasteiger partial charge in [-0.15, -0.1) is 0 Å². The molecule has 0 spiro atoms. The molecule has 0 amide bonds. The molecule has 0 aliphatic carbocycles. The standard InChI is InChI=1S/C12H10BrFN2O/c1-8-4-10(2-3-11(8)14)17-12-15-6-9(5-13)7-16-12/h2-4,6-7H,5H2,1H3. The van der Waals surface area contributed by atoms with E-state index in [0.29, 0.717) is 16.6 Å². The molecule has 0 unspecified atom stereocenters. The number of hydrogen-bond donors (Lipinski definition) is 0. The van der Waals surface area contributed by atoms with Crippen LogP contribution in [0.25, 0.3) is 0 Å². The minimum atomic E-state index is -0.257. The molecule has 0 saturated heterocycles. The van der Waals surface area contributed by atoms with Crippen molar-refractivity contribution in [2.45, 2.75) is 12.3 Å². The number of aryl methyl sites for hydroxylation is 1. The highest BCUT2D eigenvalue weighted by atomic mass is 79.9. The fourth-order valence-electron chi connectivity index (χ4n) is 1.25. The van der Waals surface area contributed by atoms with Crippen LogP contribution in [0.4, 0.5) is 4.39 Å². The summed E-state index contributed by atoms with van der Waals surface area (Å²) in [7, 11) is 0. The Labute approximate surface area is 107 Å². The van der Waals surface area contributed by atoms with Gasteiger partial charge >= 0.3 is 6.01 Å². The third-order valence-corrected chi connectivity index (χ3v) is 2.82. The first-order valence-corrected chi connectivity index (χ1v) is 6.12. The number of hydrogen-bond acceptors (Lipinski definition) is 3. The summed E-state index contributed by atoms with van der Waals surface area (Å²) in [6.45, 7) is 1.68. The molecule has 0 bridgehead atoms. The summed E-state index contributed by atoms with van der Waals surface area (Å²) in [5.74, 6) is 0.267. The zero-order chi connectivity index (χ0) is 12.3. The topological polar surface area (TPSA) is 35.0 Å². The molecule has 0 aliphatic rings. The monoisotopic (exact) mass is 296 g/mol. The molecule has 0 saturated carbocycles. The van der Waals surface area contributed by atoms with Gasteiger partial charge in [0.1, 0.15) is 11.6 Å². The van der Waals surface area contributed by atoms with E-state index in [9.17, 15) is 4.39 Å². The van der Waals surface area contributed by atoms with Crippen molar-refractivity contribution in [1.82, 2.24) is 9.97 Å². The Balaban J connectivity index is 2.16. The molecule has 0 fully saturated rings. The molecule has 0 N–H and O–H groups in total. The van der Waals surface area contributed by atoms with Gasteiger partial charge in [0.25, 0.3) is 0 Å². The van der Waals surface area contributed by atoms with Gasteiger partial charge in [0, 0.05) is 17.7 Å². The van der Waals surface area contributed by atoms with E-state index in [2.05, 4.69) is 25.9 Å². The molecule has 1 aromatic carbocycles. The Kier molecular flexibility index (Phi) is 3.68. The summed E-state index contributed by atoms with van der Waals surface area (Å²) in [5, 5.41) is 0.697. The molecular weight excluding hydrogens is 287 g/mol. The lowest BCUT2D eigenvalue weighted by atomic mass is 10.2. The molecule has 0 aliphatic heterocycles. The first kappa shape index (κ1) is 12.0. The van der Waals surface area contributed by atoms with Crippen LogP contribution in [-0.2, 0) is 5.33 Å². The number of nitrogens with zero attached hydrogens (tertiary/aromatic N) is 2. The molecule has 5 heteroatoms. The van der Waals surface area contributed by atoms with E-state index < -0.39 is 0 Å². The molecule has 2 rings (SSSR count). The molecule has 1 aromatic heterocycles. The fourth-order valence-corrected chi connectivity index (χ4v) is 1.54. The quantitative estimate of drug-likeness (QED) is 0.812. The van der Waals surface area contributed by atoms with Crippen LogP contribution in [0.5, 0.6) is 11.8 Å². The molecule has 3 nitrogen and oxygen atoms in total. The summed E-state index contributed by atoms with van der Waals surface area (Å²) in [6, 6.07) is 4.76. The van der Waals surface area contributed by atoms with Gasteiger partial charge in [0.05, 0.1) is 0 Å². The Hall–Kier alpha value is -1.49. The lowest BCUT2D eigenvalue weighted by Gasteiger charge is -2.05. The minimum absolute atomic E-state index is 0.251. The van der Waals surface area contributed by atoms with Crippen molar-refractivity contribution >= 4 is 15.9 Å². The molecule has 88 valence electrons. The van der Waals surface area contributed by atoms with Gasteiger partial charge in [0.15, 0.2) is 0 Å². The maximum atomic E-state index is 13.0. The maximum absolute atomic E-state index is 13.0. The van der Waals surface area contributed by atoms with E-state index in [1.807, 2.05) is 0 Å². The van der Waals surface area contributed by atoms with E-state index in [1.54, 1.807) is 31.5 Å². The highest BCUT2D eigenvalue weighted by Gasteiger charge is 2.03. The predicted octanol–water partition coefficient (Wildman–Crippen LogP) is 3.61. The van der Waals surface area contributed by atoms with Crippen molar-refractivity contribution in [3.63, 3.8) is 0 Å². The van der Waals surface area contributed by atoms with Gasteiger partial charge in [-0.05, 0) is 36.2 Å². The summed E-state index contributed by atoms with van der Waals surface area (Å²) < 4.78 is 18.5. The first-order chi connectivity index (χ1) is 8.19. The maximum Gasteiger partial charge on any atom is 0.321 e. The van der Waals surface area contributed by atoms with Crippen LogP contribution in [-0.4, -0.2) is 9.97 Å². The van der Waals surface area contributed by atoms with Gasteiger partial charge in [-0.25, -0.2) is 14.4 Å². The Morgan fingerprint density at radius 3 is 2.59 bits per heavy atom. The summed E-state index contributed by atoms with van der Waals surface area (Å²) in [6.07, 6.45) is 3.35. The average molecular weight is 297 g/mol. The van der Waals surface area contributed by atoms with Gasteiger partial charge in [-0.2, -0.15) is 0 Å². The highest BCUT2D eigenvalue weighted by Crippen LogP contribution is 2.20. The van der Waals surface area contributed by atoms with Crippen LogP contribution >= 0.6 is 15.9 Å². The van der Waals surface area contributed by atoms with Crippen molar-refractivity contribution in [1.29, 1.82) is 0 Å². The summed E-state index contributed by atoms with van der Waals surface area (Å²) in [5.41, 5.74) is 1.49. The Bertz CT molecular complexity index is 516. The number of benzene rings is 1. The summed E-state index contributed by atoms with van der Waals surface area (Å²) >= 11 is 3.30. The third kappa shape index (κ3) is 3.00. The van der Waals surface area contributed by atoms with E-state index in [1.165, 1.54) is 6.07 Å². The van der Waals surface area contributed by atoms with E-state index in [0.717, 1.165) is 5.56 Å². The second-order valence-electron chi connectivity index (χ2n) is 3.52. The molecular formula is C12H10BrFN2O. The number of halogens is 2. The van der Waals surface area contributed by atoms with Gasteiger partial charge in [0.2, 0.25) is 0 Å². The Morgan fingerprint density at radius 2 is 2.00 bits per heavy atom.